The van der Waals surface area contributed by atoms with E-state index in [2.05, 4.69) is 49.5 Å². The number of thioether (sulfide) groups is 1. The Labute approximate surface area is 137 Å². The summed E-state index contributed by atoms with van der Waals surface area (Å²) in [6, 6.07) is 16.6. The molecule has 2 nitrogen and oxygen atoms in total. The molecule has 2 aromatic rings. The van der Waals surface area contributed by atoms with E-state index >= 15 is 0 Å². The van der Waals surface area contributed by atoms with Crippen molar-refractivity contribution in [2.75, 3.05) is 5.75 Å². The molecule has 0 aliphatic carbocycles. The summed E-state index contributed by atoms with van der Waals surface area (Å²) in [5.74, 6) is 1.45. The summed E-state index contributed by atoms with van der Waals surface area (Å²) < 4.78 is 0. The number of hydrogen-bond acceptors (Lipinski definition) is 2. The zero-order valence-electron chi connectivity index (χ0n) is 13.4. The van der Waals surface area contributed by atoms with Crippen LogP contribution in [0.15, 0.2) is 48.5 Å². The number of carbonyl (C=O) groups is 1. The second kappa shape index (κ2) is 8.04. The molecule has 1 atom stereocenters. The van der Waals surface area contributed by atoms with Crippen LogP contribution in [0.4, 0.5) is 0 Å². The van der Waals surface area contributed by atoms with Crippen LogP contribution in [-0.4, -0.2) is 11.7 Å². The molecule has 0 heterocycles. The molecule has 116 valence electrons. The molecule has 0 radical (unpaired) electrons. The Balaban J connectivity index is 1.81. The normalized spacial score (nSPS) is 12.0. The zero-order valence-corrected chi connectivity index (χ0v) is 14.2. The van der Waals surface area contributed by atoms with E-state index in [0.29, 0.717) is 5.75 Å². The highest BCUT2D eigenvalue weighted by Crippen LogP contribution is 2.19. The first kappa shape index (κ1) is 16.6. The Hall–Kier alpha value is -1.74. The van der Waals surface area contributed by atoms with Crippen LogP contribution in [0.5, 0.6) is 0 Å². The van der Waals surface area contributed by atoms with Crippen molar-refractivity contribution >= 4 is 17.7 Å². The third kappa shape index (κ3) is 4.92. The minimum absolute atomic E-state index is 0.0467. The molecular weight excluding hydrogens is 290 g/mol. The van der Waals surface area contributed by atoms with Crippen LogP contribution in [0.2, 0.25) is 0 Å². The molecule has 0 aliphatic heterocycles. The molecule has 0 fully saturated rings. The largest absolute Gasteiger partial charge is 0.349 e. The fourth-order valence-corrected chi connectivity index (χ4v) is 3.31. The highest BCUT2D eigenvalue weighted by Gasteiger charge is 2.11. The van der Waals surface area contributed by atoms with Gasteiger partial charge in [0.2, 0.25) is 5.91 Å². The van der Waals surface area contributed by atoms with Crippen molar-refractivity contribution in [1.82, 2.24) is 5.32 Å². The number of rotatable bonds is 6. The van der Waals surface area contributed by atoms with Crippen molar-refractivity contribution in [2.45, 2.75) is 32.6 Å². The van der Waals surface area contributed by atoms with Gasteiger partial charge in [-0.05, 0) is 37.5 Å². The van der Waals surface area contributed by atoms with Crippen LogP contribution < -0.4 is 5.32 Å². The molecule has 0 aromatic heterocycles. The molecule has 0 spiro atoms. The summed E-state index contributed by atoms with van der Waals surface area (Å²) in [6.07, 6.45) is 0. The number of nitrogens with one attached hydrogen (secondary N) is 1. The first-order valence-electron chi connectivity index (χ1n) is 7.54. The number of aryl methyl sites for hydroxylation is 2. The van der Waals surface area contributed by atoms with Gasteiger partial charge in [-0.2, -0.15) is 0 Å². The first-order valence-corrected chi connectivity index (χ1v) is 8.70. The molecule has 0 aliphatic rings. The van der Waals surface area contributed by atoms with Gasteiger partial charge in [0.05, 0.1) is 11.8 Å². The monoisotopic (exact) mass is 313 g/mol. The highest BCUT2D eigenvalue weighted by atomic mass is 32.2. The standard InChI is InChI=1S/C19H23NOS/c1-14-9-10-18(15(2)11-14)16(3)20-19(21)13-22-12-17-7-5-4-6-8-17/h4-11,16H,12-13H2,1-3H3,(H,20,21). The molecular formula is C19H23NOS. The average molecular weight is 313 g/mol. The van der Waals surface area contributed by atoms with E-state index in [1.165, 1.54) is 22.3 Å². The summed E-state index contributed by atoms with van der Waals surface area (Å²) in [6.45, 7) is 6.22. The maximum Gasteiger partial charge on any atom is 0.230 e. The average Bonchev–Trinajstić information content (AvgIpc) is 2.48. The number of amides is 1. The van der Waals surface area contributed by atoms with Crippen LogP contribution in [-0.2, 0) is 10.5 Å². The zero-order chi connectivity index (χ0) is 15.9. The molecule has 1 unspecified atom stereocenters. The van der Waals surface area contributed by atoms with Crippen molar-refractivity contribution < 1.29 is 4.79 Å². The van der Waals surface area contributed by atoms with Gasteiger partial charge in [0.25, 0.3) is 0 Å². The van der Waals surface area contributed by atoms with E-state index in [1.807, 2.05) is 25.1 Å². The van der Waals surface area contributed by atoms with E-state index < -0.39 is 0 Å². The Morgan fingerprint density at radius 3 is 2.55 bits per heavy atom. The van der Waals surface area contributed by atoms with Crippen LogP contribution in [0, 0.1) is 13.8 Å². The SMILES string of the molecule is Cc1ccc(C(C)NC(=O)CSCc2ccccc2)c(C)c1. The van der Waals surface area contributed by atoms with Crippen molar-refractivity contribution in [3.63, 3.8) is 0 Å². The number of benzene rings is 2. The van der Waals surface area contributed by atoms with Gasteiger partial charge in [0, 0.05) is 5.75 Å². The summed E-state index contributed by atoms with van der Waals surface area (Å²) in [5, 5.41) is 3.08. The third-order valence-corrected chi connectivity index (χ3v) is 4.62. The van der Waals surface area contributed by atoms with Gasteiger partial charge in [-0.25, -0.2) is 0 Å². The molecule has 0 saturated carbocycles. The predicted molar refractivity (Wildman–Crippen MR) is 95.1 cm³/mol. The van der Waals surface area contributed by atoms with Gasteiger partial charge >= 0.3 is 0 Å². The van der Waals surface area contributed by atoms with E-state index in [1.54, 1.807) is 11.8 Å². The van der Waals surface area contributed by atoms with Crippen LogP contribution in [0.1, 0.15) is 35.2 Å². The van der Waals surface area contributed by atoms with Gasteiger partial charge in [-0.3, -0.25) is 4.79 Å². The minimum Gasteiger partial charge on any atom is -0.349 e. The van der Waals surface area contributed by atoms with Gasteiger partial charge in [0.1, 0.15) is 0 Å². The van der Waals surface area contributed by atoms with E-state index in [4.69, 9.17) is 0 Å². The summed E-state index contributed by atoms with van der Waals surface area (Å²) in [4.78, 5) is 12.1. The smallest absolute Gasteiger partial charge is 0.230 e. The molecule has 2 rings (SSSR count). The third-order valence-electron chi connectivity index (χ3n) is 3.61. The van der Waals surface area contributed by atoms with Gasteiger partial charge in [-0.15, -0.1) is 11.8 Å². The van der Waals surface area contributed by atoms with Gasteiger partial charge in [0.15, 0.2) is 0 Å². The molecule has 0 saturated heterocycles. The lowest BCUT2D eigenvalue weighted by molar-refractivity contribution is -0.119. The lowest BCUT2D eigenvalue weighted by Crippen LogP contribution is -2.28. The molecule has 0 bridgehead atoms. The van der Waals surface area contributed by atoms with Crippen molar-refractivity contribution in [3.05, 3.63) is 70.8 Å². The van der Waals surface area contributed by atoms with E-state index in [0.717, 1.165) is 5.75 Å². The highest BCUT2D eigenvalue weighted by molar-refractivity contribution is 7.99. The maximum atomic E-state index is 12.1. The Kier molecular flexibility index (Phi) is 6.08. The molecule has 1 amide bonds. The summed E-state index contributed by atoms with van der Waals surface area (Å²) in [7, 11) is 0. The van der Waals surface area contributed by atoms with Gasteiger partial charge < -0.3 is 5.32 Å². The second-order valence-electron chi connectivity index (χ2n) is 5.63. The molecule has 2 aromatic carbocycles. The fraction of sp³-hybridized carbons (Fsp3) is 0.316. The van der Waals surface area contributed by atoms with Crippen molar-refractivity contribution in [2.24, 2.45) is 0 Å². The fourth-order valence-electron chi connectivity index (χ4n) is 2.51. The lowest BCUT2D eigenvalue weighted by Gasteiger charge is -2.17. The van der Waals surface area contributed by atoms with Crippen LogP contribution in [0.3, 0.4) is 0 Å². The Bertz CT molecular complexity index is 625. The topological polar surface area (TPSA) is 29.1 Å². The summed E-state index contributed by atoms with van der Waals surface area (Å²) in [5.41, 5.74) is 4.91. The molecule has 3 heteroatoms. The van der Waals surface area contributed by atoms with Crippen LogP contribution in [0.25, 0.3) is 0 Å². The van der Waals surface area contributed by atoms with E-state index in [9.17, 15) is 4.79 Å². The quantitative estimate of drug-likeness (QED) is 0.855. The van der Waals surface area contributed by atoms with Crippen LogP contribution >= 0.6 is 11.8 Å². The predicted octanol–water partition coefficient (Wildman–Crippen LogP) is 4.41. The number of carbonyl (C=O) groups excluding carboxylic acids is 1. The Morgan fingerprint density at radius 2 is 1.86 bits per heavy atom. The van der Waals surface area contributed by atoms with Crippen molar-refractivity contribution in [3.8, 4) is 0 Å². The minimum atomic E-state index is 0.0467. The lowest BCUT2D eigenvalue weighted by atomic mass is 10.0. The van der Waals surface area contributed by atoms with E-state index in [-0.39, 0.29) is 11.9 Å². The first-order chi connectivity index (χ1) is 10.6. The van der Waals surface area contributed by atoms with Crippen molar-refractivity contribution in [1.29, 1.82) is 0 Å². The molecule has 1 N–H and O–H groups in total. The molecule has 22 heavy (non-hydrogen) atoms. The van der Waals surface area contributed by atoms with Gasteiger partial charge in [-0.1, -0.05) is 54.1 Å². The second-order valence-corrected chi connectivity index (χ2v) is 6.61. The maximum absolute atomic E-state index is 12.1. The Morgan fingerprint density at radius 1 is 1.14 bits per heavy atom. The summed E-state index contributed by atoms with van der Waals surface area (Å²) >= 11 is 1.65. The number of hydrogen-bond donors (Lipinski definition) is 1.